The molecule has 0 atom stereocenters. The van der Waals surface area contributed by atoms with Crippen LogP contribution in [0.15, 0.2) is 53.6 Å². The van der Waals surface area contributed by atoms with Gasteiger partial charge in [0.25, 0.3) is 5.91 Å². The van der Waals surface area contributed by atoms with E-state index in [2.05, 4.69) is 72.0 Å². The zero-order valence-corrected chi connectivity index (χ0v) is 18.8. The third kappa shape index (κ3) is 4.41. The van der Waals surface area contributed by atoms with Crippen LogP contribution in [0.2, 0.25) is 0 Å². The molecular formula is C26H30N4O. The highest BCUT2D eigenvalue weighted by atomic mass is 16.2. The van der Waals surface area contributed by atoms with E-state index in [-0.39, 0.29) is 5.91 Å². The van der Waals surface area contributed by atoms with Crippen molar-refractivity contribution in [1.29, 1.82) is 0 Å². The van der Waals surface area contributed by atoms with Crippen LogP contribution in [-0.2, 0) is 0 Å². The number of nitrogens with zero attached hydrogens (tertiary/aromatic N) is 3. The first-order valence-corrected chi connectivity index (χ1v) is 10.9. The number of aromatic nitrogens is 1. The van der Waals surface area contributed by atoms with Crippen LogP contribution in [0.4, 0.5) is 5.69 Å². The normalized spacial score (nSPS) is 13.9. The first-order chi connectivity index (χ1) is 14.9. The molecule has 5 nitrogen and oxygen atoms in total. The SMILES string of the molecule is Cc1ccc(-n2c(C)cc(/C=N\NC(=O)c3ccc(N4CCCC4)cc3)c2C)cc1C. The highest BCUT2D eigenvalue weighted by Crippen LogP contribution is 2.22. The van der Waals surface area contributed by atoms with Gasteiger partial charge in [0.15, 0.2) is 0 Å². The third-order valence-electron chi connectivity index (χ3n) is 6.19. The maximum atomic E-state index is 12.5. The van der Waals surface area contributed by atoms with E-state index in [0.29, 0.717) is 5.56 Å². The molecule has 2 aromatic carbocycles. The summed E-state index contributed by atoms with van der Waals surface area (Å²) in [5.41, 5.74) is 11.3. The van der Waals surface area contributed by atoms with Crippen molar-refractivity contribution in [3.8, 4) is 5.69 Å². The molecule has 31 heavy (non-hydrogen) atoms. The average Bonchev–Trinajstić information content (AvgIpc) is 3.39. The molecule has 1 amide bonds. The number of hydrogen-bond donors (Lipinski definition) is 1. The summed E-state index contributed by atoms with van der Waals surface area (Å²) in [5.74, 6) is -0.202. The number of anilines is 1. The third-order valence-corrected chi connectivity index (χ3v) is 6.19. The molecule has 1 saturated heterocycles. The Morgan fingerprint density at radius 2 is 1.58 bits per heavy atom. The van der Waals surface area contributed by atoms with Gasteiger partial charge in [-0.2, -0.15) is 5.10 Å². The molecule has 0 radical (unpaired) electrons. The van der Waals surface area contributed by atoms with E-state index in [4.69, 9.17) is 0 Å². The van der Waals surface area contributed by atoms with Gasteiger partial charge in [0.05, 0.1) is 6.21 Å². The van der Waals surface area contributed by atoms with Crippen LogP contribution in [0.25, 0.3) is 5.69 Å². The molecule has 0 bridgehead atoms. The minimum Gasteiger partial charge on any atom is -0.372 e. The van der Waals surface area contributed by atoms with Crippen LogP contribution in [0.1, 0.15) is 51.3 Å². The van der Waals surface area contributed by atoms with E-state index in [1.807, 2.05) is 24.3 Å². The fourth-order valence-corrected chi connectivity index (χ4v) is 4.20. The monoisotopic (exact) mass is 414 g/mol. The van der Waals surface area contributed by atoms with Crippen molar-refractivity contribution in [1.82, 2.24) is 9.99 Å². The summed E-state index contributed by atoms with van der Waals surface area (Å²) >= 11 is 0. The summed E-state index contributed by atoms with van der Waals surface area (Å²) in [6.45, 7) is 10.6. The van der Waals surface area contributed by atoms with Gasteiger partial charge in [-0.05, 0) is 94.1 Å². The molecule has 3 aromatic rings. The Hall–Kier alpha value is -3.34. The van der Waals surface area contributed by atoms with Crippen LogP contribution in [0.5, 0.6) is 0 Å². The molecule has 1 aliphatic heterocycles. The van der Waals surface area contributed by atoms with Gasteiger partial charge in [-0.3, -0.25) is 4.79 Å². The predicted octanol–water partition coefficient (Wildman–Crippen LogP) is 5.08. The number of aryl methyl sites for hydroxylation is 3. The average molecular weight is 415 g/mol. The molecule has 1 N–H and O–H groups in total. The van der Waals surface area contributed by atoms with Crippen LogP contribution < -0.4 is 10.3 Å². The van der Waals surface area contributed by atoms with Crippen molar-refractivity contribution in [2.45, 2.75) is 40.5 Å². The lowest BCUT2D eigenvalue weighted by Crippen LogP contribution is -2.19. The lowest BCUT2D eigenvalue weighted by Gasteiger charge is -2.17. The van der Waals surface area contributed by atoms with Gasteiger partial charge in [-0.15, -0.1) is 0 Å². The van der Waals surface area contributed by atoms with Gasteiger partial charge in [-0.25, -0.2) is 5.43 Å². The number of rotatable bonds is 5. The Morgan fingerprint density at radius 1 is 0.903 bits per heavy atom. The maximum Gasteiger partial charge on any atom is 0.271 e. The van der Waals surface area contributed by atoms with Gasteiger partial charge in [0, 0.05) is 47.0 Å². The van der Waals surface area contributed by atoms with Crippen LogP contribution in [0.3, 0.4) is 0 Å². The molecule has 2 heterocycles. The number of hydrogen-bond acceptors (Lipinski definition) is 3. The van der Waals surface area contributed by atoms with Gasteiger partial charge < -0.3 is 9.47 Å². The predicted molar refractivity (Wildman–Crippen MR) is 128 cm³/mol. The number of amides is 1. The van der Waals surface area contributed by atoms with E-state index in [0.717, 1.165) is 35.7 Å². The summed E-state index contributed by atoms with van der Waals surface area (Å²) in [6, 6.07) is 16.3. The molecule has 1 aromatic heterocycles. The van der Waals surface area contributed by atoms with Crippen molar-refractivity contribution in [3.63, 3.8) is 0 Å². The Kier molecular flexibility index (Phi) is 5.94. The van der Waals surface area contributed by atoms with Gasteiger partial charge in [0.2, 0.25) is 0 Å². The summed E-state index contributed by atoms with van der Waals surface area (Å²) in [4.78, 5) is 14.8. The number of benzene rings is 2. The molecule has 1 aliphatic rings. The smallest absolute Gasteiger partial charge is 0.271 e. The number of nitrogens with one attached hydrogen (secondary N) is 1. The second-order valence-corrected chi connectivity index (χ2v) is 8.37. The van der Waals surface area contributed by atoms with Crippen molar-refractivity contribution in [2.75, 3.05) is 18.0 Å². The molecule has 0 aliphatic carbocycles. The Morgan fingerprint density at radius 3 is 2.26 bits per heavy atom. The largest absolute Gasteiger partial charge is 0.372 e. The zero-order valence-electron chi connectivity index (χ0n) is 18.8. The van der Waals surface area contributed by atoms with E-state index in [9.17, 15) is 4.79 Å². The maximum absolute atomic E-state index is 12.5. The van der Waals surface area contributed by atoms with Crippen LogP contribution in [-0.4, -0.2) is 29.8 Å². The highest BCUT2D eigenvalue weighted by molar-refractivity contribution is 5.95. The van der Waals surface area contributed by atoms with Crippen molar-refractivity contribution < 1.29 is 4.79 Å². The lowest BCUT2D eigenvalue weighted by molar-refractivity contribution is 0.0955. The molecule has 160 valence electrons. The topological polar surface area (TPSA) is 49.6 Å². The number of hydrazone groups is 1. The van der Waals surface area contributed by atoms with Crippen molar-refractivity contribution in [3.05, 3.63) is 82.2 Å². The fraction of sp³-hybridized carbons (Fsp3) is 0.308. The molecular weight excluding hydrogens is 384 g/mol. The second-order valence-electron chi connectivity index (χ2n) is 8.37. The fourth-order valence-electron chi connectivity index (χ4n) is 4.20. The Labute approximate surface area is 184 Å². The standard InChI is InChI=1S/C26H30N4O/c1-18-7-10-25(15-19(18)2)30-20(3)16-23(21(30)4)17-27-28-26(31)22-8-11-24(12-9-22)29-13-5-6-14-29/h7-12,15-17H,5-6,13-14H2,1-4H3,(H,28,31)/b27-17-. The Balaban J connectivity index is 1.45. The number of carbonyl (C=O) groups is 1. The minimum absolute atomic E-state index is 0.202. The highest BCUT2D eigenvalue weighted by Gasteiger charge is 2.13. The molecule has 1 fully saturated rings. The number of carbonyl (C=O) groups excluding carboxylic acids is 1. The van der Waals surface area contributed by atoms with E-state index in [1.54, 1.807) is 6.21 Å². The first kappa shape index (κ1) is 20.9. The van der Waals surface area contributed by atoms with Crippen molar-refractivity contribution >= 4 is 17.8 Å². The second kappa shape index (κ2) is 8.80. The lowest BCUT2D eigenvalue weighted by atomic mass is 10.1. The van der Waals surface area contributed by atoms with Gasteiger partial charge >= 0.3 is 0 Å². The van der Waals surface area contributed by atoms with E-state index >= 15 is 0 Å². The summed E-state index contributed by atoms with van der Waals surface area (Å²) in [5, 5.41) is 4.21. The molecule has 0 unspecified atom stereocenters. The van der Waals surface area contributed by atoms with Crippen LogP contribution in [0, 0.1) is 27.7 Å². The van der Waals surface area contributed by atoms with Gasteiger partial charge in [-0.1, -0.05) is 6.07 Å². The molecule has 5 heteroatoms. The quantitative estimate of drug-likeness (QED) is 0.468. The Bertz CT molecular complexity index is 1120. The van der Waals surface area contributed by atoms with E-state index < -0.39 is 0 Å². The summed E-state index contributed by atoms with van der Waals surface area (Å²) in [6.07, 6.45) is 4.19. The van der Waals surface area contributed by atoms with Crippen LogP contribution >= 0.6 is 0 Å². The molecule has 0 saturated carbocycles. The minimum atomic E-state index is -0.202. The molecule has 0 spiro atoms. The summed E-state index contributed by atoms with van der Waals surface area (Å²) in [7, 11) is 0. The first-order valence-electron chi connectivity index (χ1n) is 10.9. The molecule has 4 rings (SSSR count). The summed E-state index contributed by atoms with van der Waals surface area (Å²) < 4.78 is 2.21. The van der Waals surface area contributed by atoms with Gasteiger partial charge in [0.1, 0.15) is 0 Å². The van der Waals surface area contributed by atoms with Crippen molar-refractivity contribution in [2.24, 2.45) is 5.10 Å². The zero-order chi connectivity index (χ0) is 22.0. The van der Waals surface area contributed by atoms with E-state index in [1.165, 1.54) is 29.7 Å².